The van der Waals surface area contributed by atoms with Gasteiger partial charge < -0.3 is 4.90 Å². The van der Waals surface area contributed by atoms with E-state index in [0.29, 0.717) is 5.91 Å². The lowest BCUT2D eigenvalue weighted by molar-refractivity contribution is -0.126. The minimum Gasteiger partial charge on any atom is -0.346 e. The number of carbonyl (C=O) groups excluding carboxylic acids is 1. The second-order valence-electron chi connectivity index (χ2n) is 2.17. The Hall–Kier alpha value is 0.872. The summed E-state index contributed by atoms with van der Waals surface area (Å²) in [6.07, 6.45) is 1.81. The molecule has 0 N–H and O–H groups in total. The molecule has 64 valence electrons. The van der Waals surface area contributed by atoms with Crippen LogP contribution in [0.3, 0.4) is 0 Å². The van der Waals surface area contributed by atoms with Crippen LogP contribution in [0.25, 0.3) is 0 Å². The maximum absolute atomic E-state index is 10.5. The number of hydrogen-bond acceptors (Lipinski definition) is 1. The van der Waals surface area contributed by atoms with E-state index in [-0.39, 0.29) is 0 Å². The van der Waals surface area contributed by atoms with Gasteiger partial charge in [0.05, 0.1) is 0 Å². The highest BCUT2D eigenvalue weighted by Crippen LogP contribution is 2.04. The molecule has 6 heteroatoms. The van der Waals surface area contributed by atoms with Crippen molar-refractivity contribution in [2.24, 2.45) is 0 Å². The standard InChI is InChI=1S/C5H9NO.Al.3ClH/c1-6-4-2-3-5(6)7;;;;/h2-4H2,1H3;;3*1H/q;+3;;;/p-3. The molecule has 1 fully saturated rings. The molecule has 0 radical (unpaired) electrons. The van der Waals surface area contributed by atoms with Gasteiger partial charge in [0.1, 0.15) is 0 Å². The van der Waals surface area contributed by atoms with Crippen molar-refractivity contribution in [1.29, 1.82) is 0 Å². The maximum Gasteiger partial charge on any atom is 0.643 e. The number of hydrogen-bond donors (Lipinski definition) is 0. The zero-order valence-corrected chi connectivity index (χ0v) is 9.61. The number of nitrogens with zero attached hydrogens (tertiary/aromatic N) is 1. The summed E-state index contributed by atoms with van der Waals surface area (Å²) in [5.41, 5.74) is 0. The molecule has 11 heavy (non-hydrogen) atoms. The van der Waals surface area contributed by atoms with E-state index in [9.17, 15) is 4.79 Å². The molecule has 0 aliphatic carbocycles. The van der Waals surface area contributed by atoms with Crippen LogP contribution in [0.4, 0.5) is 0 Å². The first-order chi connectivity index (χ1) is 5.04. The van der Waals surface area contributed by atoms with Crippen LogP contribution in [-0.4, -0.2) is 35.8 Å². The van der Waals surface area contributed by atoms with Gasteiger partial charge in [-0.3, -0.25) is 4.79 Å². The molecule has 1 heterocycles. The first-order valence-corrected chi connectivity index (χ1v) is 8.44. The fourth-order valence-electron chi connectivity index (χ4n) is 0.783. The first kappa shape index (κ1) is 11.9. The van der Waals surface area contributed by atoms with Gasteiger partial charge in [0.15, 0.2) is 0 Å². The van der Waals surface area contributed by atoms with Crippen molar-refractivity contribution in [2.45, 2.75) is 12.8 Å². The van der Waals surface area contributed by atoms with Gasteiger partial charge in [-0.1, -0.05) is 0 Å². The highest BCUT2D eigenvalue weighted by Gasteiger charge is 2.14. The highest BCUT2D eigenvalue weighted by molar-refractivity contribution is 7.54. The summed E-state index contributed by atoms with van der Waals surface area (Å²) in [6, 6.07) is 0. The maximum atomic E-state index is 10.5. The second-order valence-corrected chi connectivity index (χ2v) is 8.60. The average molecular weight is 232 g/mol. The normalized spacial score (nSPS) is 16.0. The van der Waals surface area contributed by atoms with Crippen molar-refractivity contribution >= 4 is 47.4 Å². The van der Waals surface area contributed by atoms with Gasteiger partial charge in [0, 0.05) is 20.0 Å². The van der Waals surface area contributed by atoms with Crippen molar-refractivity contribution in [3.05, 3.63) is 0 Å². The van der Waals surface area contributed by atoms with Crippen LogP contribution in [-0.2, 0) is 4.79 Å². The number of carbonyl (C=O) groups is 1. The van der Waals surface area contributed by atoms with Crippen LogP contribution < -0.4 is 0 Å². The highest BCUT2D eigenvalue weighted by atomic mass is 35.8. The molecule has 1 saturated heterocycles. The van der Waals surface area contributed by atoms with E-state index in [2.05, 4.69) is 0 Å². The third kappa shape index (κ3) is 7.24. The van der Waals surface area contributed by atoms with Crippen molar-refractivity contribution in [2.75, 3.05) is 13.6 Å². The van der Waals surface area contributed by atoms with E-state index in [1.807, 2.05) is 7.05 Å². The van der Waals surface area contributed by atoms with Gasteiger partial charge >= 0.3 is 11.4 Å². The molecule has 1 rings (SSSR count). The fraction of sp³-hybridized carbons (Fsp3) is 0.800. The Labute approximate surface area is 83.4 Å². The Morgan fingerprint density at radius 3 is 2.00 bits per heavy atom. The summed E-state index contributed by atoms with van der Waals surface area (Å²) in [5, 5.41) is 0. The minimum atomic E-state index is -1.72. The predicted molar refractivity (Wildman–Crippen MR) is 50.2 cm³/mol. The Morgan fingerprint density at radius 1 is 1.45 bits per heavy atom. The molecule has 0 bridgehead atoms. The summed E-state index contributed by atoms with van der Waals surface area (Å²) in [6.45, 7) is 0.957. The van der Waals surface area contributed by atoms with Gasteiger partial charge in [-0.25, -0.2) is 30.1 Å². The predicted octanol–water partition coefficient (Wildman–Crippen LogP) is 1.93. The third-order valence-electron chi connectivity index (χ3n) is 1.31. The SMILES string of the molecule is CN1CCCC1=O.[Cl][Al]([Cl])[Cl]. The number of rotatable bonds is 0. The third-order valence-corrected chi connectivity index (χ3v) is 1.31. The summed E-state index contributed by atoms with van der Waals surface area (Å²) in [4.78, 5) is 12.3. The number of likely N-dealkylation sites (tertiary alicyclic amines) is 1. The first-order valence-electron chi connectivity index (χ1n) is 3.20. The van der Waals surface area contributed by atoms with Crippen LogP contribution in [0.2, 0.25) is 0 Å². The Balaban J connectivity index is 0.000000218. The van der Waals surface area contributed by atoms with Crippen molar-refractivity contribution in [3.8, 4) is 0 Å². The van der Waals surface area contributed by atoms with Gasteiger partial charge in [0.2, 0.25) is 5.91 Å². The largest absolute Gasteiger partial charge is 0.643 e. The van der Waals surface area contributed by atoms with E-state index in [0.717, 1.165) is 19.4 Å². The lowest BCUT2D eigenvalue weighted by atomic mass is 10.4. The summed E-state index contributed by atoms with van der Waals surface area (Å²) >= 11 is -1.72. The van der Waals surface area contributed by atoms with Crippen LogP contribution in [0.1, 0.15) is 12.8 Å². The molecule has 0 aromatic carbocycles. The van der Waals surface area contributed by atoms with Gasteiger partial charge in [0.25, 0.3) is 0 Å². The molecule has 0 aromatic rings. The van der Waals surface area contributed by atoms with E-state index in [1.165, 1.54) is 0 Å². The van der Waals surface area contributed by atoms with E-state index in [1.54, 1.807) is 4.90 Å². The molecule has 0 atom stereocenters. The van der Waals surface area contributed by atoms with Crippen LogP contribution in [0.5, 0.6) is 0 Å². The topological polar surface area (TPSA) is 20.3 Å². The Bertz CT molecular complexity index is 130. The van der Waals surface area contributed by atoms with Gasteiger partial charge in [-0.05, 0) is 6.42 Å². The minimum absolute atomic E-state index is 0.292. The molecular formula is C5H9AlCl3NO. The Morgan fingerprint density at radius 2 is 1.91 bits per heavy atom. The molecule has 0 spiro atoms. The molecule has 2 nitrogen and oxygen atoms in total. The van der Waals surface area contributed by atoms with Crippen LogP contribution >= 0.6 is 30.1 Å². The van der Waals surface area contributed by atoms with E-state index >= 15 is 0 Å². The van der Waals surface area contributed by atoms with Gasteiger partial charge in [-0.2, -0.15) is 0 Å². The van der Waals surface area contributed by atoms with E-state index < -0.39 is 11.4 Å². The molecule has 1 aliphatic rings. The quantitative estimate of drug-likeness (QED) is 0.585. The number of halogens is 3. The lowest BCUT2D eigenvalue weighted by Gasteiger charge is -2.03. The molecule has 1 amide bonds. The smallest absolute Gasteiger partial charge is 0.346 e. The van der Waals surface area contributed by atoms with Crippen molar-refractivity contribution in [1.82, 2.24) is 4.90 Å². The van der Waals surface area contributed by atoms with E-state index in [4.69, 9.17) is 30.1 Å². The van der Waals surface area contributed by atoms with Crippen LogP contribution in [0.15, 0.2) is 0 Å². The van der Waals surface area contributed by atoms with Crippen LogP contribution in [0, 0.1) is 0 Å². The number of amides is 1. The molecule has 0 unspecified atom stereocenters. The van der Waals surface area contributed by atoms with Crippen molar-refractivity contribution in [3.63, 3.8) is 0 Å². The molecule has 1 aliphatic heterocycles. The van der Waals surface area contributed by atoms with Crippen molar-refractivity contribution < 1.29 is 4.79 Å². The zero-order chi connectivity index (χ0) is 8.85. The fourth-order valence-corrected chi connectivity index (χ4v) is 0.783. The zero-order valence-electron chi connectivity index (χ0n) is 6.19. The van der Waals surface area contributed by atoms with Gasteiger partial charge in [-0.15, -0.1) is 0 Å². The molecule has 0 aromatic heterocycles. The summed E-state index contributed by atoms with van der Waals surface area (Å²) < 4.78 is 0. The molecule has 0 saturated carbocycles. The Kier molecular flexibility index (Phi) is 6.90. The summed E-state index contributed by atoms with van der Waals surface area (Å²) in [5.74, 6) is 0.292. The summed E-state index contributed by atoms with van der Waals surface area (Å²) in [7, 11) is 16.7. The second kappa shape index (κ2) is 6.40. The lowest BCUT2D eigenvalue weighted by Crippen LogP contribution is -2.17. The average Bonchev–Trinajstić information content (AvgIpc) is 2.15. The monoisotopic (exact) mass is 231 g/mol. The molecular weight excluding hydrogens is 223 g/mol.